The predicted molar refractivity (Wildman–Crippen MR) is 203 cm³/mol. The summed E-state index contributed by atoms with van der Waals surface area (Å²) in [5, 5.41) is 0. The van der Waals surface area contributed by atoms with E-state index < -0.39 is 10.8 Å². The minimum Gasteiger partial charge on any atom is -0.297 e. The van der Waals surface area contributed by atoms with Gasteiger partial charge < -0.3 is 0 Å². The lowest BCUT2D eigenvalue weighted by Crippen LogP contribution is -2.68. The highest BCUT2D eigenvalue weighted by Crippen LogP contribution is 2.62. The van der Waals surface area contributed by atoms with Crippen molar-refractivity contribution in [3.8, 4) is 0 Å². The zero-order valence-electron chi connectivity index (χ0n) is 31.0. The minimum absolute atomic E-state index is 0.318. The van der Waals surface area contributed by atoms with E-state index in [0.29, 0.717) is 23.4 Å². The molecule has 0 radical (unpaired) electrons. The van der Waals surface area contributed by atoms with Crippen LogP contribution in [-0.2, 0) is 22.4 Å². The predicted octanol–water partition coefficient (Wildman–Crippen LogP) is 13.2. The van der Waals surface area contributed by atoms with Gasteiger partial charge in [-0.1, -0.05) is 152 Å². The van der Waals surface area contributed by atoms with Crippen molar-refractivity contribution in [3.05, 3.63) is 70.8 Å². The third-order valence-electron chi connectivity index (χ3n) is 13.0. The maximum atomic E-state index is 13.9. The lowest BCUT2D eigenvalue weighted by Gasteiger charge is -2.57. The van der Waals surface area contributed by atoms with E-state index in [1.54, 1.807) is 0 Å². The van der Waals surface area contributed by atoms with Crippen molar-refractivity contribution in [2.45, 2.75) is 193 Å². The topological polar surface area (TPSA) is 34.1 Å². The number of hydrogen-bond acceptors (Lipinski definition) is 2. The summed E-state index contributed by atoms with van der Waals surface area (Å²) in [7, 11) is 0. The van der Waals surface area contributed by atoms with E-state index in [4.69, 9.17) is 0 Å². The van der Waals surface area contributed by atoms with Gasteiger partial charge in [-0.2, -0.15) is 0 Å². The summed E-state index contributed by atoms with van der Waals surface area (Å²) < 4.78 is 0. The normalized spacial score (nSPS) is 25.5. The second-order valence-electron chi connectivity index (χ2n) is 16.3. The highest BCUT2D eigenvalue weighted by molar-refractivity contribution is 6.30. The summed E-state index contributed by atoms with van der Waals surface area (Å²) >= 11 is 0. The zero-order chi connectivity index (χ0) is 33.7. The van der Waals surface area contributed by atoms with Crippen LogP contribution < -0.4 is 0 Å². The Morgan fingerprint density at radius 2 is 0.729 bits per heavy atom. The first kappa shape index (κ1) is 37.0. The third kappa shape index (κ3) is 9.11. The smallest absolute Gasteiger partial charge is 0.159 e. The molecule has 264 valence electrons. The summed E-state index contributed by atoms with van der Waals surface area (Å²) in [4.78, 5) is 27.8. The van der Waals surface area contributed by atoms with Crippen molar-refractivity contribution in [3.63, 3.8) is 0 Å². The largest absolute Gasteiger partial charge is 0.297 e. The molecule has 0 atom stereocenters. The molecule has 0 aliphatic heterocycles. The Bertz CT molecular complexity index is 1120. The Morgan fingerprint density at radius 1 is 0.438 bits per heavy atom. The van der Waals surface area contributed by atoms with E-state index in [9.17, 15) is 9.59 Å². The average molecular weight is 653 g/mol. The number of aryl methyl sites for hydroxylation is 2. The highest BCUT2D eigenvalue weighted by Gasteiger charge is 2.70. The first-order valence-corrected chi connectivity index (χ1v) is 20.8. The molecular weight excluding hydrogens is 585 g/mol. The molecule has 0 amide bonds. The molecule has 0 bridgehead atoms. The van der Waals surface area contributed by atoms with Gasteiger partial charge in [0.15, 0.2) is 11.6 Å². The molecule has 3 saturated carbocycles. The molecule has 0 unspecified atom stereocenters. The van der Waals surface area contributed by atoms with Crippen molar-refractivity contribution in [2.75, 3.05) is 0 Å². The van der Waals surface area contributed by atoms with Crippen molar-refractivity contribution < 1.29 is 9.59 Å². The summed E-state index contributed by atoms with van der Waals surface area (Å²) in [5.74, 6) is 1.61. The van der Waals surface area contributed by atoms with Crippen LogP contribution in [0.2, 0.25) is 0 Å². The van der Waals surface area contributed by atoms with Gasteiger partial charge in [-0.15, -0.1) is 0 Å². The molecule has 48 heavy (non-hydrogen) atoms. The van der Waals surface area contributed by atoms with Crippen LogP contribution in [0.4, 0.5) is 0 Å². The molecular formula is C46H68O2. The molecule has 5 rings (SSSR count). The Kier molecular flexibility index (Phi) is 14.4. The molecule has 3 aliphatic rings. The van der Waals surface area contributed by atoms with Crippen molar-refractivity contribution in [1.82, 2.24) is 0 Å². The van der Waals surface area contributed by atoms with Gasteiger partial charge >= 0.3 is 0 Å². The molecule has 0 heterocycles. The summed E-state index contributed by atoms with van der Waals surface area (Å²) in [6.45, 7) is 4.56. The lowest BCUT2D eigenvalue weighted by molar-refractivity contribution is -0.177. The monoisotopic (exact) mass is 653 g/mol. The summed E-state index contributed by atoms with van der Waals surface area (Å²) in [6, 6.07) is 18.7. The Labute approximate surface area is 294 Å². The summed E-state index contributed by atoms with van der Waals surface area (Å²) in [6.07, 6.45) is 31.1. The molecule has 3 fully saturated rings. The van der Waals surface area contributed by atoms with E-state index in [0.717, 1.165) is 51.4 Å². The maximum Gasteiger partial charge on any atom is 0.159 e. The number of hydrogen-bond donors (Lipinski definition) is 0. The summed E-state index contributed by atoms with van der Waals surface area (Å²) in [5.41, 5.74) is 4.40. The quantitative estimate of drug-likeness (QED) is 0.105. The fraction of sp³-hybridized carbons (Fsp3) is 0.696. The van der Waals surface area contributed by atoms with Crippen LogP contribution in [0.3, 0.4) is 0 Å². The third-order valence-corrected chi connectivity index (χ3v) is 13.0. The van der Waals surface area contributed by atoms with Gasteiger partial charge in [0.05, 0.1) is 10.8 Å². The lowest BCUT2D eigenvalue weighted by atomic mass is 9.42. The van der Waals surface area contributed by atoms with Gasteiger partial charge in [0.25, 0.3) is 0 Å². The van der Waals surface area contributed by atoms with Crippen molar-refractivity contribution in [2.24, 2.45) is 10.8 Å². The van der Waals surface area contributed by atoms with Gasteiger partial charge in [0.2, 0.25) is 0 Å². The maximum absolute atomic E-state index is 13.9. The van der Waals surface area contributed by atoms with Gasteiger partial charge in [0.1, 0.15) is 0 Å². The standard InChI is InChI=1S/C46H68O2/c1-3-5-7-9-11-13-15-17-19-37-21-25-39(26-22-37)41-29-33-45(34-30-41)43(47)46(44(45)48)35-31-42(32-36-46)40-27-23-38(24-28-40)20-18-16-14-12-10-8-6-4-2/h21-28,41-42H,3-20,29-36H2,1-2H3. The molecule has 2 aromatic rings. The van der Waals surface area contributed by atoms with Crippen LogP contribution in [0.15, 0.2) is 48.5 Å². The van der Waals surface area contributed by atoms with Crippen LogP contribution in [0.25, 0.3) is 0 Å². The molecule has 2 aromatic carbocycles. The van der Waals surface area contributed by atoms with Crippen LogP contribution in [0.5, 0.6) is 0 Å². The first-order valence-electron chi connectivity index (χ1n) is 20.8. The SMILES string of the molecule is CCCCCCCCCCc1ccc(C2CCC3(CC2)C(=O)C2(CCC(c4ccc(CCCCCCCCCC)cc4)CC2)C3=O)cc1. The van der Waals surface area contributed by atoms with Crippen LogP contribution >= 0.6 is 0 Å². The molecule has 2 heteroatoms. The number of benzene rings is 2. The van der Waals surface area contributed by atoms with E-state index in [1.165, 1.54) is 138 Å². The Morgan fingerprint density at radius 3 is 1.04 bits per heavy atom. The second-order valence-corrected chi connectivity index (χ2v) is 16.3. The molecule has 3 aliphatic carbocycles. The number of unbranched alkanes of at least 4 members (excludes halogenated alkanes) is 14. The number of Topliss-reactive ketones (excluding diaryl/α,β-unsaturated/α-hetero) is 2. The molecule has 0 N–H and O–H groups in total. The van der Waals surface area contributed by atoms with Crippen LogP contribution in [0.1, 0.15) is 202 Å². The zero-order valence-corrected chi connectivity index (χ0v) is 31.0. The van der Waals surface area contributed by atoms with Crippen LogP contribution in [0, 0.1) is 10.8 Å². The Hall–Kier alpha value is -2.22. The molecule has 0 saturated heterocycles. The number of carbonyl (C=O) groups is 2. The van der Waals surface area contributed by atoms with Gasteiger partial charge in [-0.05, 0) is 111 Å². The second kappa shape index (κ2) is 18.7. The number of carbonyl (C=O) groups excluding carboxylic acids is 2. The highest BCUT2D eigenvalue weighted by atomic mass is 16.2. The van der Waals surface area contributed by atoms with E-state index in [-0.39, 0.29) is 0 Å². The minimum atomic E-state index is -0.656. The van der Waals surface area contributed by atoms with E-state index in [1.807, 2.05) is 0 Å². The van der Waals surface area contributed by atoms with E-state index >= 15 is 0 Å². The van der Waals surface area contributed by atoms with Crippen LogP contribution in [-0.4, -0.2) is 11.6 Å². The number of rotatable bonds is 20. The fourth-order valence-corrected chi connectivity index (χ4v) is 9.69. The first-order chi connectivity index (χ1) is 23.5. The van der Waals surface area contributed by atoms with E-state index in [2.05, 4.69) is 62.4 Å². The average Bonchev–Trinajstić information content (AvgIpc) is 3.14. The van der Waals surface area contributed by atoms with Gasteiger partial charge in [0, 0.05) is 0 Å². The molecule has 0 aromatic heterocycles. The molecule has 2 spiro atoms. The van der Waals surface area contributed by atoms with Crippen molar-refractivity contribution in [1.29, 1.82) is 0 Å². The Balaban J connectivity index is 1.00. The molecule has 2 nitrogen and oxygen atoms in total. The van der Waals surface area contributed by atoms with Gasteiger partial charge in [-0.25, -0.2) is 0 Å². The van der Waals surface area contributed by atoms with Gasteiger partial charge in [-0.3, -0.25) is 9.59 Å². The number of ketones is 2. The fourth-order valence-electron chi connectivity index (χ4n) is 9.69. The van der Waals surface area contributed by atoms with Crippen molar-refractivity contribution >= 4 is 11.6 Å².